The molecule has 1 rings (SSSR count). The Morgan fingerprint density at radius 3 is 2.60 bits per heavy atom. The average molecular weight is 210 g/mol. The number of hydrogen-bond acceptors (Lipinski definition) is 5. The molecule has 1 aromatic heterocycles. The van der Waals surface area contributed by atoms with Crippen LogP contribution in [0.5, 0.6) is 0 Å². The molecule has 0 saturated carbocycles. The maximum Gasteiger partial charge on any atom is 0.135 e. The van der Waals surface area contributed by atoms with E-state index >= 15 is 0 Å². The predicted molar refractivity (Wildman–Crippen MR) is 60.7 cm³/mol. The summed E-state index contributed by atoms with van der Waals surface area (Å²) < 4.78 is 0. The number of hydrogen-bond donors (Lipinski definition) is 3. The molecule has 1 heterocycles. The van der Waals surface area contributed by atoms with Gasteiger partial charge in [0.05, 0.1) is 12.6 Å². The van der Waals surface area contributed by atoms with Crippen LogP contribution in [0.2, 0.25) is 0 Å². The fourth-order valence-corrected chi connectivity index (χ4v) is 1.26. The van der Waals surface area contributed by atoms with Crippen LogP contribution in [0.25, 0.3) is 0 Å². The fourth-order valence-electron chi connectivity index (χ4n) is 1.26. The standard InChI is InChI=1S/C10H18N4O/c1-4-8(5-15)14-10-6(2)9(11)12-7(3)13-10/h8,15H,4-5H2,1-3H3,(H3,11,12,13,14). The molecule has 0 radical (unpaired) electrons. The van der Waals surface area contributed by atoms with Gasteiger partial charge < -0.3 is 16.2 Å². The van der Waals surface area contributed by atoms with Crippen molar-refractivity contribution in [2.45, 2.75) is 33.2 Å². The molecule has 1 atom stereocenters. The number of anilines is 2. The topological polar surface area (TPSA) is 84.1 Å². The first-order valence-corrected chi connectivity index (χ1v) is 5.06. The zero-order valence-electron chi connectivity index (χ0n) is 9.41. The number of aryl methyl sites for hydroxylation is 1. The number of nitrogens with zero attached hydrogens (tertiary/aromatic N) is 2. The second kappa shape index (κ2) is 4.93. The van der Waals surface area contributed by atoms with Gasteiger partial charge in [-0.05, 0) is 20.3 Å². The minimum absolute atomic E-state index is 0.0115. The molecule has 0 aromatic carbocycles. The van der Waals surface area contributed by atoms with Crippen molar-refractivity contribution in [2.75, 3.05) is 17.7 Å². The van der Waals surface area contributed by atoms with E-state index in [-0.39, 0.29) is 12.6 Å². The van der Waals surface area contributed by atoms with E-state index in [1.807, 2.05) is 13.8 Å². The second-order valence-electron chi connectivity index (χ2n) is 3.56. The van der Waals surface area contributed by atoms with Crippen molar-refractivity contribution in [2.24, 2.45) is 0 Å². The van der Waals surface area contributed by atoms with Crippen LogP contribution in [0.3, 0.4) is 0 Å². The number of aromatic nitrogens is 2. The molecule has 5 heteroatoms. The van der Waals surface area contributed by atoms with Crippen LogP contribution in [0.1, 0.15) is 24.7 Å². The molecule has 1 unspecified atom stereocenters. The highest BCUT2D eigenvalue weighted by Crippen LogP contribution is 2.18. The molecular formula is C10H18N4O. The summed E-state index contributed by atoms with van der Waals surface area (Å²) >= 11 is 0. The smallest absolute Gasteiger partial charge is 0.135 e. The molecule has 0 bridgehead atoms. The van der Waals surface area contributed by atoms with Gasteiger partial charge in [0.2, 0.25) is 0 Å². The number of nitrogens with two attached hydrogens (primary N) is 1. The first-order valence-electron chi connectivity index (χ1n) is 5.06. The van der Waals surface area contributed by atoms with E-state index in [1.165, 1.54) is 0 Å². The minimum atomic E-state index is 0.0115. The highest BCUT2D eigenvalue weighted by molar-refractivity contribution is 5.55. The van der Waals surface area contributed by atoms with Gasteiger partial charge in [-0.2, -0.15) is 0 Å². The van der Waals surface area contributed by atoms with Gasteiger partial charge in [-0.25, -0.2) is 9.97 Å². The molecule has 0 saturated heterocycles. The lowest BCUT2D eigenvalue weighted by molar-refractivity contribution is 0.271. The normalized spacial score (nSPS) is 12.5. The van der Waals surface area contributed by atoms with Crippen LogP contribution in [0.15, 0.2) is 0 Å². The van der Waals surface area contributed by atoms with E-state index in [0.717, 1.165) is 12.0 Å². The summed E-state index contributed by atoms with van der Waals surface area (Å²) in [6, 6.07) is 0.0115. The molecule has 84 valence electrons. The van der Waals surface area contributed by atoms with Crippen LogP contribution in [-0.2, 0) is 0 Å². The van der Waals surface area contributed by atoms with Crippen LogP contribution in [0.4, 0.5) is 11.6 Å². The third-order valence-electron chi connectivity index (χ3n) is 2.35. The summed E-state index contributed by atoms with van der Waals surface area (Å²) in [6.07, 6.45) is 0.832. The molecule has 4 N–H and O–H groups in total. The van der Waals surface area contributed by atoms with Gasteiger partial charge in [0.25, 0.3) is 0 Å². The largest absolute Gasteiger partial charge is 0.394 e. The second-order valence-corrected chi connectivity index (χ2v) is 3.56. The van der Waals surface area contributed by atoms with Crippen LogP contribution in [-0.4, -0.2) is 27.7 Å². The molecule has 0 spiro atoms. The predicted octanol–water partition coefficient (Wildman–Crippen LogP) is 0.858. The van der Waals surface area contributed by atoms with Crippen molar-refractivity contribution in [3.63, 3.8) is 0 Å². The maximum absolute atomic E-state index is 9.08. The molecule has 15 heavy (non-hydrogen) atoms. The van der Waals surface area contributed by atoms with Gasteiger partial charge in [0, 0.05) is 5.56 Å². The summed E-state index contributed by atoms with van der Waals surface area (Å²) in [5.41, 5.74) is 6.55. The van der Waals surface area contributed by atoms with Crippen LogP contribution >= 0.6 is 0 Å². The SMILES string of the molecule is CCC(CO)Nc1nc(C)nc(N)c1C. The van der Waals surface area contributed by atoms with E-state index in [9.17, 15) is 0 Å². The number of nitrogen functional groups attached to an aromatic ring is 1. The van der Waals surface area contributed by atoms with Crippen molar-refractivity contribution < 1.29 is 5.11 Å². The van der Waals surface area contributed by atoms with Gasteiger partial charge >= 0.3 is 0 Å². The Morgan fingerprint density at radius 2 is 2.07 bits per heavy atom. The zero-order chi connectivity index (χ0) is 11.4. The van der Waals surface area contributed by atoms with Crippen molar-refractivity contribution in [1.82, 2.24) is 9.97 Å². The van der Waals surface area contributed by atoms with E-state index in [1.54, 1.807) is 6.92 Å². The molecule has 0 aliphatic carbocycles. The summed E-state index contributed by atoms with van der Waals surface area (Å²) in [6.45, 7) is 5.74. The van der Waals surface area contributed by atoms with E-state index in [0.29, 0.717) is 17.5 Å². The summed E-state index contributed by atoms with van der Waals surface area (Å²) in [4.78, 5) is 8.31. The third-order valence-corrected chi connectivity index (χ3v) is 2.35. The molecule has 0 aliphatic heterocycles. The summed E-state index contributed by atoms with van der Waals surface area (Å²) in [5.74, 6) is 1.83. The van der Waals surface area contributed by atoms with Crippen molar-refractivity contribution in [3.8, 4) is 0 Å². The van der Waals surface area contributed by atoms with Crippen molar-refractivity contribution in [3.05, 3.63) is 11.4 Å². The molecular weight excluding hydrogens is 192 g/mol. The fraction of sp³-hybridized carbons (Fsp3) is 0.600. The monoisotopic (exact) mass is 210 g/mol. The van der Waals surface area contributed by atoms with Crippen molar-refractivity contribution >= 4 is 11.6 Å². The van der Waals surface area contributed by atoms with E-state index < -0.39 is 0 Å². The lowest BCUT2D eigenvalue weighted by Crippen LogP contribution is -2.24. The highest BCUT2D eigenvalue weighted by Gasteiger charge is 2.10. The third kappa shape index (κ3) is 2.79. The molecule has 0 amide bonds. The van der Waals surface area contributed by atoms with E-state index in [2.05, 4.69) is 15.3 Å². The number of rotatable bonds is 4. The zero-order valence-corrected chi connectivity index (χ0v) is 9.41. The highest BCUT2D eigenvalue weighted by atomic mass is 16.3. The Hall–Kier alpha value is -1.36. The summed E-state index contributed by atoms with van der Waals surface area (Å²) in [7, 11) is 0. The van der Waals surface area contributed by atoms with Gasteiger partial charge in [0.1, 0.15) is 17.5 Å². The lowest BCUT2D eigenvalue weighted by Gasteiger charge is -2.17. The maximum atomic E-state index is 9.08. The van der Waals surface area contributed by atoms with E-state index in [4.69, 9.17) is 10.8 Å². The Bertz CT molecular complexity index is 336. The lowest BCUT2D eigenvalue weighted by atomic mass is 10.2. The minimum Gasteiger partial charge on any atom is -0.394 e. The molecule has 0 aliphatic rings. The number of nitrogens with one attached hydrogen (secondary N) is 1. The summed E-state index contributed by atoms with van der Waals surface area (Å²) in [5, 5.41) is 12.2. The molecule has 0 fully saturated rings. The Morgan fingerprint density at radius 1 is 1.40 bits per heavy atom. The number of aliphatic hydroxyl groups is 1. The molecule has 5 nitrogen and oxygen atoms in total. The Kier molecular flexibility index (Phi) is 3.85. The van der Waals surface area contributed by atoms with Crippen LogP contribution in [0, 0.1) is 13.8 Å². The van der Waals surface area contributed by atoms with Gasteiger partial charge in [-0.1, -0.05) is 6.92 Å². The number of aliphatic hydroxyl groups excluding tert-OH is 1. The first kappa shape index (κ1) is 11.7. The van der Waals surface area contributed by atoms with Gasteiger partial charge in [0.15, 0.2) is 0 Å². The average Bonchev–Trinajstić information content (AvgIpc) is 2.21. The Balaban J connectivity index is 2.93. The van der Waals surface area contributed by atoms with Gasteiger partial charge in [-0.3, -0.25) is 0 Å². The Labute approximate surface area is 89.7 Å². The van der Waals surface area contributed by atoms with Crippen LogP contribution < -0.4 is 11.1 Å². The van der Waals surface area contributed by atoms with Crippen molar-refractivity contribution in [1.29, 1.82) is 0 Å². The quantitative estimate of drug-likeness (QED) is 0.686. The first-order chi connectivity index (χ1) is 7.08. The molecule has 1 aromatic rings. The van der Waals surface area contributed by atoms with Gasteiger partial charge in [-0.15, -0.1) is 0 Å².